The molecule has 2 aromatic heterocycles. The van der Waals surface area contributed by atoms with E-state index < -0.39 is 0 Å². The van der Waals surface area contributed by atoms with Gasteiger partial charge in [0.25, 0.3) is 0 Å². The van der Waals surface area contributed by atoms with E-state index in [0.29, 0.717) is 32.0 Å². The van der Waals surface area contributed by atoms with E-state index in [9.17, 15) is 9.90 Å². The van der Waals surface area contributed by atoms with Crippen LogP contribution in [0.2, 0.25) is 10.0 Å². The smallest absolute Gasteiger partial charge is 0.307 e. The first kappa shape index (κ1) is 17.2. The monoisotopic (exact) mass is 428 g/mol. The molecule has 1 aliphatic heterocycles. The molecule has 0 atom stereocenters. The van der Waals surface area contributed by atoms with E-state index >= 15 is 0 Å². The molecular weight excluding hydrogens is 419 g/mol. The third-order valence-corrected chi connectivity index (χ3v) is 5.85. The van der Waals surface area contributed by atoms with Crippen molar-refractivity contribution in [1.29, 1.82) is 0 Å². The molecule has 9 heteroatoms. The van der Waals surface area contributed by atoms with Crippen molar-refractivity contribution in [3.8, 4) is 5.88 Å². The lowest BCUT2D eigenvalue weighted by Gasteiger charge is -1.93. The van der Waals surface area contributed by atoms with Crippen LogP contribution < -0.4 is 15.4 Å². The minimum absolute atomic E-state index is 0.129. The highest BCUT2D eigenvalue weighted by Gasteiger charge is 2.14. The van der Waals surface area contributed by atoms with Gasteiger partial charge >= 0.3 is 4.87 Å². The number of benzene rings is 2. The van der Waals surface area contributed by atoms with Crippen molar-refractivity contribution in [2.75, 3.05) is 0 Å². The lowest BCUT2D eigenvalue weighted by atomic mass is 10.1. The number of hydrogen-bond donors (Lipinski definition) is 3. The van der Waals surface area contributed by atoms with Crippen molar-refractivity contribution in [1.82, 2.24) is 15.0 Å². The van der Waals surface area contributed by atoms with Crippen LogP contribution in [0.3, 0.4) is 0 Å². The van der Waals surface area contributed by atoms with Gasteiger partial charge in [0.15, 0.2) is 5.82 Å². The average Bonchev–Trinajstić information content (AvgIpc) is 3.32. The number of fused-ring (bicyclic) bond motifs is 2. The van der Waals surface area contributed by atoms with E-state index in [0.717, 1.165) is 33.0 Å². The van der Waals surface area contributed by atoms with Crippen molar-refractivity contribution in [2.24, 2.45) is 4.99 Å². The van der Waals surface area contributed by atoms with Crippen LogP contribution in [0.1, 0.15) is 16.3 Å². The van der Waals surface area contributed by atoms with Gasteiger partial charge in [-0.1, -0.05) is 40.6 Å². The van der Waals surface area contributed by atoms with Gasteiger partial charge in [0.05, 0.1) is 31.3 Å². The Morgan fingerprint density at radius 1 is 1.11 bits per heavy atom. The molecule has 0 aliphatic carbocycles. The summed E-state index contributed by atoms with van der Waals surface area (Å²) in [6, 6.07) is 9.14. The predicted molar refractivity (Wildman–Crippen MR) is 111 cm³/mol. The van der Waals surface area contributed by atoms with Crippen LogP contribution in [-0.2, 0) is 0 Å². The zero-order chi connectivity index (χ0) is 19.4. The summed E-state index contributed by atoms with van der Waals surface area (Å²) in [5, 5.41) is 12.3. The average molecular weight is 429 g/mol. The number of rotatable bonds is 2. The second kappa shape index (κ2) is 6.34. The van der Waals surface area contributed by atoms with E-state index in [2.05, 4.69) is 19.9 Å². The number of aromatic amines is 2. The fourth-order valence-electron chi connectivity index (χ4n) is 3.02. The van der Waals surface area contributed by atoms with Crippen molar-refractivity contribution < 1.29 is 5.11 Å². The third-order valence-electron chi connectivity index (χ3n) is 4.31. The molecule has 3 N–H and O–H groups in total. The highest BCUT2D eigenvalue weighted by Crippen LogP contribution is 2.29. The molecular formula is C19H10Cl2N4O2S. The van der Waals surface area contributed by atoms with Crippen LogP contribution in [0, 0.1) is 0 Å². The van der Waals surface area contributed by atoms with E-state index in [-0.39, 0.29) is 10.8 Å². The van der Waals surface area contributed by atoms with Gasteiger partial charge in [0.2, 0.25) is 5.88 Å². The Bertz CT molecular complexity index is 1440. The number of thiazole rings is 1. The topological polar surface area (TPSA) is 94.1 Å². The Morgan fingerprint density at radius 3 is 2.71 bits per heavy atom. The number of hydrogen-bond acceptors (Lipinski definition) is 5. The van der Waals surface area contributed by atoms with E-state index in [1.165, 1.54) is 0 Å². The number of aromatic nitrogens is 3. The number of nitrogens with zero attached hydrogens (tertiary/aromatic N) is 2. The predicted octanol–water partition coefficient (Wildman–Crippen LogP) is 3.29. The Kier molecular flexibility index (Phi) is 3.90. The van der Waals surface area contributed by atoms with E-state index in [4.69, 9.17) is 23.2 Å². The number of H-pyrrole nitrogens is 2. The molecule has 0 amide bonds. The van der Waals surface area contributed by atoms with Crippen LogP contribution in [0.15, 0.2) is 40.1 Å². The highest BCUT2D eigenvalue weighted by atomic mass is 35.5. The molecule has 5 rings (SSSR count). The lowest BCUT2D eigenvalue weighted by Crippen LogP contribution is -2.10. The molecule has 3 heterocycles. The summed E-state index contributed by atoms with van der Waals surface area (Å²) in [6.45, 7) is 0. The minimum Gasteiger partial charge on any atom is -0.493 e. The summed E-state index contributed by atoms with van der Waals surface area (Å²) < 4.78 is 0. The zero-order valence-corrected chi connectivity index (χ0v) is 16.3. The molecule has 4 aromatic rings. The summed E-state index contributed by atoms with van der Waals surface area (Å²) in [5.74, 6) is 0.493. The maximum atomic E-state index is 11.3. The van der Waals surface area contributed by atoms with Gasteiger partial charge in [-0.05, 0) is 41.6 Å². The lowest BCUT2D eigenvalue weighted by molar-refractivity contribution is 0.455. The molecule has 138 valence electrons. The number of nitrogens with one attached hydrogen (secondary N) is 2. The molecule has 1 aliphatic rings. The quantitative estimate of drug-likeness (QED) is 0.457. The fourth-order valence-corrected chi connectivity index (χ4v) is 4.03. The second-order valence-electron chi connectivity index (χ2n) is 6.20. The molecule has 0 fully saturated rings. The standard InChI is InChI=1S/C19H10Cl2N4O2S/c20-10-6-13-14(7-11(10)21)24-17(23-13)15-5-9-3-8(1-2-12(9)22-15)4-16-18(26)25-19(27)28-16/h1-7,26H,(H,23,24)(H,25,27)/b8-4+. The van der Waals surface area contributed by atoms with E-state index in [1.807, 2.05) is 24.3 Å². The fraction of sp³-hybridized carbons (Fsp3) is 0. The molecule has 6 nitrogen and oxygen atoms in total. The van der Waals surface area contributed by atoms with Gasteiger partial charge in [-0.2, -0.15) is 0 Å². The first-order valence-corrected chi connectivity index (χ1v) is 9.73. The highest BCUT2D eigenvalue weighted by molar-refractivity contribution is 7.10. The van der Waals surface area contributed by atoms with Gasteiger partial charge in [0.1, 0.15) is 5.70 Å². The normalized spacial score (nSPS) is 13.6. The Morgan fingerprint density at radius 2 is 1.93 bits per heavy atom. The Balaban J connectivity index is 1.57. The second-order valence-corrected chi connectivity index (χ2v) is 8.03. The van der Waals surface area contributed by atoms with E-state index in [1.54, 1.807) is 18.2 Å². The molecule has 28 heavy (non-hydrogen) atoms. The molecule has 0 saturated carbocycles. The van der Waals surface area contributed by atoms with Gasteiger partial charge in [-0.3, -0.25) is 9.78 Å². The molecule has 2 aromatic carbocycles. The molecule has 0 saturated heterocycles. The summed E-state index contributed by atoms with van der Waals surface area (Å²) in [6.07, 6.45) is 3.67. The van der Waals surface area contributed by atoms with Crippen molar-refractivity contribution in [3.63, 3.8) is 0 Å². The SMILES string of the molecule is O=c1[nH]c(O)c(/C=c2\ccc3c(c2)C=C(c2nc4cc(Cl)c(Cl)cc4[nH]2)N=3)s1. The third kappa shape index (κ3) is 2.93. The van der Waals surface area contributed by atoms with Crippen molar-refractivity contribution >= 4 is 63.4 Å². The van der Waals surface area contributed by atoms with Crippen molar-refractivity contribution in [3.05, 3.63) is 76.9 Å². The summed E-state index contributed by atoms with van der Waals surface area (Å²) >= 11 is 13.1. The van der Waals surface area contributed by atoms with Crippen LogP contribution in [-0.4, -0.2) is 20.1 Å². The maximum absolute atomic E-state index is 11.3. The molecule has 0 unspecified atom stereocenters. The number of aromatic hydroxyl groups is 1. The van der Waals surface area contributed by atoms with Gasteiger partial charge in [0, 0.05) is 5.56 Å². The van der Waals surface area contributed by atoms with Crippen LogP contribution >= 0.6 is 34.5 Å². The van der Waals surface area contributed by atoms with Gasteiger partial charge < -0.3 is 10.1 Å². The summed E-state index contributed by atoms with van der Waals surface area (Å²) in [4.78, 5) is 26.2. The van der Waals surface area contributed by atoms with Crippen LogP contribution in [0.4, 0.5) is 0 Å². The molecule has 0 bridgehead atoms. The van der Waals surface area contributed by atoms with Crippen molar-refractivity contribution in [2.45, 2.75) is 0 Å². The number of imidazole rings is 1. The zero-order valence-electron chi connectivity index (χ0n) is 14.0. The molecule has 0 spiro atoms. The maximum Gasteiger partial charge on any atom is 0.307 e. The van der Waals surface area contributed by atoms with Gasteiger partial charge in [-0.15, -0.1) is 0 Å². The summed E-state index contributed by atoms with van der Waals surface area (Å²) in [7, 11) is 0. The first-order valence-electron chi connectivity index (χ1n) is 8.16. The van der Waals surface area contributed by atoms with Gasteiger partial charge in [-0.25, -0.2) is 9.98 Å². The largest absolute Gasteiger partial charge is 0.493 e. The Labute approximate surface area is 171 Å². The van der Waals surface area contributed by atoms with Crippen LogP contribution in [0.5, 0.6) is 5.88 Å². The number of halogens is 2. The van der Waals surface area contributed by atoms with Crippen LogP contribution in [0.25, 0.3) is 28.9 Å². The summed E-state index contributed by atoms with van der Waals surface area (Å²) in [5.41, 5.74) is 3.11. The Hall–Kier alpha value is -2.87. The minimum atomic E-state index is -0.299. The molecule has 0 radical (unpaired) electrons. The first-order chi connectivity index (χ1) is 13.5.